The normalized spacial score (nSPS) is 14.0. The van der Waals surface area contributed by atoms with Crippen molar-refractivity contribution in [1.82, 2.24) is 25.3 Å². The molecule has 3 heterocycles. The number of aryl methyl sites for hydroxylation is 2. The van der Waals surface area contributed by atoms with Crippen LogP contribution in [0.15, 0.2) is 36.8 Å². The minimum Gasteiger partial charge on any atom is -0.352 e. The van der Waals surface area contributed by atoms with E-state index in [9.17, 15) is 4.79 Å². The van der Waals surface area contributed by atoms with Crippen molar-refractivity contribution in [2.45, 2.75) is 33.1 Å². The summed E-state index contributed by atoms with van der Waals surface area (Å²) in [6, 6.07) is 5.75. The maximum Gasteiger partial charge on any atom is 0.252 e. The Labute approximate surface area is 158 Å². The molecule has 0 spiro atoms. The van der Waals surface area contributed by atoms with Gasteiger partial charge in [0.2, 0.25) is 0 Å². The standard InChI is InChI=1S/C21H23N5O/c1-13-14(2)26-20(25-13)19-9-16(6-7-23-19)17-8-18(12-22-11-17)21(27)24-10-15-4-3-5-15/h6-9,11-12,15H,3-5,10H2,1-2H3,(H,24,27)(H,25,26). The summed E-state index contributed by atoms with van der Waals surface area (Å²) in [5, 5.41) is 3.02. The maximum absolute atomic E-state index is 12.4. The van der Waals surface area contributed by atoms with Crippen LogP contribution >= 0.6 is 0 Å². The number of carbonyl (C=O) groups excluding carboxylic acids is 1. The molecule has 27 heavy (non-hydrogen) atoms. The second-order valence-electron chi connectivity index (χ2n) is 7.19. The van der Waals surface area contributed by atoms with Crippen LogP contribution in [0.5, 0.6) is 0 Å². The molecule has 0 unspecified atom stereocenters. The molecule has 0 atom stereocenters. The molecule has 6 heteroatoms. The van der Waals surface area contributed by atoms with E-state index in [4.69, 9.17) is 0 Å². The highest BCUT2D eigenvalue weighted by Gasteiger charge is 2.18. The van der Waals surface area contributed by atoms with Gasteiger partial charge >= 0.3 is 0 Å². The van der Waals surface area contributed by atoms with Gasteiger partial charge < -0.3 is 10.3 Å². The molecule has 1 fully saturated rings. The Morgan fingerprint density at radius 1 is 1.22 bits per heavy atom. The first-order valence-corrected chi connectivity index (χ1v) is 9.33. The van der Waals surface area contributed by atoms with Gasteiger partial charge in [-0.2, -0.15) is 0 Å². The molecule has 0 aromatic carbocycles. The highest BCUT2D eigenvalue weighted by molar-refractivity contribution is 5.95. The molecule has 3 aromatic heterocycles. The molecule has 4 rings (SSSR count). The Morgan fingerprint density at radius 3 is 2.78 bits per heavy atom. The molecule has 6 nitrogen and oxygen atoms in total. The van der Waals surface area contributed by atoms with Gasteiger partial charge in [-0.05, 0) is 56.4 Å². The smallest absolute Gasteiger partial charge is 0.252 e. The van der Waals surface area contributed by atoms with Crippen molar-refractivity contribution >= 4 is 5.91 Å². The van der Waals surface area contributed by atoms with Crippen molar-refractivity contribution in [3.05, 3.63) is 53.7 Å². The Morgan fingerprint density at radius 2 is 2.07 bits per heavy atom. The Hall–Kier alpha value is -3.02. The van der Waals surface area contributed by atoms with Crippen molar-refractivity contribution in [3.8, 4) is 22.6 Å². The van der Waals surface area contributed by atoms with Crippen LogP contribution in [-0.2, 0) is 0 Å². The van der Waals surface area contributed by atoms with E-state index in [1.54, 1.807) is 18.6 Å². The number of hydrogen-bond acceptors (Lipinski definition) is 4. The molecule has 1 aliphatic rings. The van der Waals surface area contributed by atoms with E-state index in [-0.39, 0.29) is 5.91 Å². The molecule has 1 saturated carbocycles. The van der Waals surface area contributed by atoms with Gasteiger partial charge in [0.1, 0.15) is 5.69 Å². The molecule has 1 amide bonds. The third-order valence-corrected chi connectivity index (χ3v) is 5.24. The number of H-pyrrole nitrogens is 1. The largest absolute Gasteiger partial charge is 0.352 e. The number of amides is 1. The quantitative estimate of drug-likeness (QED) is 0.726. The topological polar surface area (TPSA) is 83.6 Å². The average molecular weight is 361 g/mol. The number of nitrogens with one attached hydrogen (secondary N) is 2. The van der Waals surface area contributed by atoms with Crippen molar-refractivity contribution in [1.29, 1.82) is 0 Å². The zero-order valence-electron chi connectivity index (χ0n) is 15.6. The van der Waals surface area contributed by atoms with E-state index in [0.717, 1.165) is 40.6 Å². The van der Waals surface area contributed by atoms with Crippen LogP contribution in [0.2, 0.25) is 0 Å². The van der Waals surface area contributed by atoms with Crippen molar-refractivity contribution in [2.24, 2.45) is 5.92 Å². The van der Waals surface area contributed by atoms with Crippen LogP contribution in [0.3, 0.4) is 0 Å². The van der Waals surface area contributed by atoms with Crippen LogP contribution in [0, 0.1) is 19.8 Å². The number of rotatable bonds is 5. The van der Waals surface area contributed by atoms with Gasteiger partial charge in [-0.3, -0.25) is 14.8 Å². The molecular formula is C21H23N5O. The third-order valence-electron chi connectivity index (χ3n) is 5.24. The molecule has 0 bridgehead atoms. The molecule has 1 aliphatic carbocycles. The SMILES string of the molecule is Cc1nc(-c2cc(-c3cncc(C(=O)NCC4CCC4)c3)ccn2)[nH]c1C. The molecule has 3 aromatic rings. The Bertz CT molecular complexity index is 955. The van der Waals surface area contributed by atoms with Gasteiger partial charge in [-0.25, -0.2) is 4.98 Å². The lowest BCUT2D eigenvalue weighted by Gasteiger charge is -2.25. The number of aromatic amines is 1. The predicted octanol–water partition coefficient (Wildman–Crippen LogP) is 3.68. The van der Waals surface area contributed by atoms with Gasteiger partial charge in [0.25, 0.3) is 5.91 Å². The van der Waals surface area contributed by atoms with Crippen LogP contribution in [0.4, 0.5) is 0 Å². The molecule has 0 radical (unpaired) electrons. The lowest BCUT2D eigenvalue weighted by atomic mass is 9.85. The summed E-state index contributed by atoms with van der Waals surface area (Å²) in [6.45, 7) is 4.71. The van der Waals surface area contributed by atoms with Crippen molar-refractivity contribution < 1.29 is 4.79 Å². The predicted molar refractivity (Wildman–Crippen MR) is 104 cm³/mol. The summed E-state index contributed by atoms with van der Waals surface area (Å²) in [5.41, 5.74) is 5.18. The van der Waals surface area contributed by atoms with E-state index < -0.39 is 0 Å². The molecule has 0 saturated heterocycles. The van der Waals surface area contributed by atoms with E-state index in [2.05, 4.69) is 25.3 Å². The van der Waals surface area contributed by atoms with Crippen LogP contribution in [0.1, 0.15) is 41.0 Å². The monoisotopic (exact) mass is 361 g/mol. The number of carbonyl (C=O) groups is 1. The lowest BCUT2D eigenvalue weighted by Crippen LogP contribution is -2.32. The van der Waals surface area contributed by atoms with E-state index in [1.165, 1.54) is 19.3 Å². The Kier molecular flexibility index (Phi) is 4.71. The summed E-state index contributed by atoms with van der Waals surface area (Å²) < 4.78 is 0. The van der Waals surface area contributed by atoms with Crippen LogP contribution in [0.25, 0.3) is 22.6 Å². The summed E-state index contributed by atoms with van der Waals surface area (Å²) in [7, 11) is 0. The molecule has 2 N–H and O–H groups in total. The second-order valence-corrected chi connectivity index (χ2v) is 7.19. The minimum atomic E-state index is -0.0668. The summed E-state index contributed by atoms with van der Waals surface area (Å²) >= 11 is 0. The van der Waals surface area contributed by atoms with Crippen molar-refractivity contribution in [2.75, 3.05) is 6.54 Å². The van der Waals surface area contributed by atoms with Gasteiger partial charge in [-0.1, -0.05) is 6.42 Å². The number of hydrogen-bond donors (Lipinski definition) is 2. The summed E-state index contributed by atoms with van der Waals surface area (Å²) in [5.74, 6) is 1.31. The summed E-state index contributed by atoms with van der Waals surface area (Å²) in [4.78, 5) is 28.9. The van der Waals surface area contributed by atoms with Crippen LogP contribution < -0.4 is 5.32 Å². The van der Waals surface area contributed by atoms with E-state index >= 15 is 0 Å². The Balaban J connectivity index is 1.56. The van der Waals surface area contributed by atoms with E-state index in [0.29, 0.717) is 11.5 Å². The van der Waals surface area contributed by atoms with Gasteiger partial charge in [0.05, 0.1) is 11.3 Å². The number of imidazole rings is 1. The first-order valence-electron chi connectivity index (χ1n) is 9.33. The van der Waals surface area contributed by atoms with Crippen molar-refractivity contribution in [3.63, 3.8) is 0 Å². The first-order chi connectivity index (χ1) is 13.1. The van der Waals surface area contributed by atoms with Gasteiger partial charge in [0, 0.05) is 36.4 Å². The number of nitrogens with zero attached hydrogens (tertiary/aromatic N) is 3. The third kappa shape index (κ3) is 3.74. The molecule has 138 valence electrons. The van der Waals surface area contributed by atoms with Gasteiger partial charge in [0.15, 0.2) is 5.82 Å². The molecule has 0 aliphatic heterocycles. The van der Waals surface area contributed by atoms with E-state index in [1.807, 2.05) is 32.0 Å². The highest BCUT2D eigenvalue weighted by atomic mass is 16.1. The molecular weight excluding hydrogens is 338 g/mol. The average Bonchev–Trinajstić information content (AvgIpc) is 2.99. The fourth-order valence-electron chi connectivity index (χ4n) is 3.17. The zero-order valence-corrected chi connectivity index (χ0v) is 15.6. The fourth-order valence-corrected chi connectivity index (χ4v) is 3.17. The minimum absolute atomic E-state index is 0.0668. The summed E-state index contributed by atoms with van der Waals surface area (Å²) in [6.07, 6.45) is 8.83. The number of pyridine rings is 2. The number of aromatic nitrogens is 4. The maximum atomic E-state index is 12.4. The lowest BCUT2D eigenvalue weighted by molar-refractivity contribution is 0.0938. The second kappa shape index (κ2) is 7.31. The highest BCUT2D eigenvalue weighted by Crippen LogP contribution is 2.26. The first kappa shape index (κ1) is 17.4. The fraction of sp³-hybridized carbons (Fsp3) is 0.333. The zero-order chi connectivity index (χ0) is 18.8. The van der Waals surface area contributed by atoms with Gasteiger partial charge in [-0.15, -0.1) is 0 Å². The van der Waals surface area contributed by atoms with Crippen LogP contribution in [-0.4, -0.2) is 32.4 Å².